The standard InChI is InChI=1S/C20H17BO2/c1-4-10-18(11-5-1)16-17-21(22-19-12-6-2-7-13-19)23-20-14-8-3-9-15-20/h1-17H/b17-16+. The van der Waals surface area contributed by atoms with Crippen molar-refractivity contribution in [2.75, 3.05) is 0 Å². The fraction of sp³-hybridized carbons (Fsp3) is 0. The predicted octanol–water partition coefficient (Wildman–Crippen LogP) is 4.89. The Kier molecular flexibility index (Phi) is 5.14. The molecule has 0 N–H and O–H groups in total. The second-order valence-electron chi connectivity index (χ2n) is 5.00. The Hall–Kier alpha value is -2.94. The van der Waals surface area contributed by atoms with Gasteiger partial charge in [-0.15, -0.1) is 0 Å². The van der Waals surface area contributed by atoms with Crippen LogP contribution in [0.1, 0.15) is 5.56 Å². The third-order valence-corrected chi connectivity index (χ3v) is 3.24. The first kappa shape index (κ1) is 15.0. The molecule has 3 rings (SSSR count). The van der Waals surface area contributed by atoms with Gasteiger partial charge in [-0.05, 0) is 35.8 Å². The van der Waals surface area contributed by atoms with Crippen LogP contribution in [0.25, 0.3) is 6.08 Å². The van der Waals surface area contributed by atoms with Crippen LogP contribution in [0, 0.1) is 0 Å². The van der Waals surface area contributed by atoms with Crippen LogP contribution in [-0.4, -0.2) is 7.12 Å². The van der Waals surface area contributed by atoms with Crippen LogP contribution in [0.15, 0.2) is 97.0 Å². The van der Waals surface area contributed by atoms with Crippen LogP contribution in [0.2, 0.25) is 0 Å². The van der Waals surface area contributed by atoms with E-state index in [1.54, 1.807) is 0 Å². The molecular weight excluding hydrogens is 283 g/mol. The van der Waals surface area contributed by atoms with Crippen molar-refractivity contribution in [3.63, 3.8) is 0 Å². The normalized spacial score (nSPS) is 10.4. The van der Waals surface area contributed by atoms with Crippen LogP contribution in [0.3, 0.4) is 0 Å². The van der Waals surface area contributed by atoms with E-state index in [9.17, 15) is 0 Å². The van der Waals surface area contributed by atoms with Gasteiger partial charge < -0.3 is 9.31 Å². The van der Waals surface area contributed by atoms with Gasteiger partial charge in [-0.1, -0.05) is 72.8 Å². The molecule has 0 spiro atoms. The van der Waals surface area contributed by atoms with E-state index < -0.39 is 7.12 Å². The largest absolute Gasteiger partial charge is 0.624 e. The smallest absolute Gasteiger partial charge is 0.522 e. The lowest BCUT2D eigenvalue weighted by Crippen LogP contribution is -2.27. The van der Waals surface area contributed by atoms with E-state index in [1.165, 1.54) is 0 Å². The molecule has 0 heterocycles. The molecule has 112 valence electrons. The molecule has 3 heteroatoms. The van der Waals surface area contributed by atoms with E-state index >= 15 is 0 Å². The molecule has 23 heavy (non-hydrogen) atoms. The molecule has 0 radical (unpaired) electrons. The molecule has 0 atom stereocenters. The van der Waals surface area contributed by atoms with Crippen molar-refractivity contribution in [2.45, 2.75) is 0 Å². The average Bonchev–Trinajstić information content (AvgIpc) is 2.62. The maximum Gasteiger partial charge on any atom is 0.624 e. The fourth-order valence-electron chi connectivity index (χ4n) is 2.12. The van der Waals surface area contributed by atoms with Crippen molar-refractivity contribution < 1.29 is 9.31 Å². The van der Waals surface area contributed by atoms with Crippen molar-refractivity contribution in [3.05, 3.63) is 103 Å². The third kappa shape index (κ3) is 4.78. The van der Waals surface area contributed by atoms with Gasteiger partial charge in [0.2, 0.25) is 0 Å². The van der Waals surface area contributed by atoms with Crippen LogP contribution in [-0.2, 0) is 0 Å². The SMILES string of the molecule is C(=C\c1ccccc1)/B(Oc1ccccc1)Oc1ccccc1. The molecule has 0 bridgehead atoms. The minimum Gasteiger partial charge on any atom is -0.522 e. The van der Waals surface area contributed by atoms with Crippen LogP contribution >= 0.6 is 0 Å². The quantitative estimate of drug-likeness (QED) is 0.604. The summed E-state index contributed by atoms with van der Waals surface area (Å²) in [5, 5.41) is 0. The Balaban J connectivity index is 1.76. The molecular formula is C20H17BO2. The Labute approximate surface area is 137 Å². The van der Waals surface area contributed by atoms with Gasteiger partial charge >= 0.3 is 7.12 Å². The number of benzene rings is 3. The number of hydrogen-bond donors (Lipinski definition) is 0. The third-order valence-electron chi connectivity index (χ3n) is 3.24. The number of rotatable bonds is 6. The second kappa shape index (κ2) is 7.90. The lowest BCUT2D eigenvalue weighted by Gasteiger charge is -2.14. The zero-order valence-corrected chi connectivity index (χ0v) is 12.7. The van der Waals surface area contributed by atoms with Crippen molar-refractivity contribution >= 4 is 13.2 Å². The van der Waals surface area contributed by atoms with Gasteiger partial charge in [-0.3, -0.25) is 0 Å². The highest BCUT2D eigenvalue weighted by Gasteiger charge is 2.19. The van der Waals surface area contributed by atoms with Gasteiger partial charge in [0.05, 0.1) is 0 Å². The Morgan fingerprint density at radius 3 is 1.48 bits per heavy atom. The monoisotopic (exact) mass is 300 g/mol. The fourth-order valence-corrected chi connectivity index (χ4v) is 2.12. The van der Waals surface area contributed by atoms with Crippen LogP contribution < -0.4 is 9.31 Å². The van der Waals surface area contributed by atoms with Gasteiger partial charge in [-0.2, -0.15) is 0 Å². The summed E-state index contributed by atoms with van der Waals surface area (Å²) in [4.78, 5) is 0. The first-order valence-corrected chi connectivity index (χ1v) is 7.57. The molecule has 0 aromatic heterocycles. The van der Waals surface area contributed by atoms with Gasteiger partial charge in [0.25, 0.3) is 0 Å². The van der Waals surface area contributed by atoms with Gasteiger partial charge in [-0.25, -0.2) is 0 Å². The molecule has 0 saturated carbocycles. The molecule has 0 amide bonds. The maximum absolute atomic E-state index is 5.93. The zero-order chi connectivity index (χ0) is 15.7. The highest BCUT2D eigenvalue weighted by molar-refractivity contribution is 6.53. The van der Waals surface area contributed by atoms with Crippen molar-refractivity contribution in [2.24, 2.45) is 0 Å². The predicted molar refractivity (Wildman–Crippen MR) is 95.4 cm³/mol. The zero-order valence-electron chi connectivity index (χ0n) is 12.7. The summed E-state index contributed by atoms with van der Waals surface area (Å²) in [5.74, 6) is 3.45. The van der Waals surface area contributed by atoms with Gasteiger partial charge in [0, 0.05) is 0 Å². The summed E-state index contributed by atoms with van der Waals surface area (Å²) < 4.78 is 11.9. The first-order chi connectivity index (χ1) is 11.4. The molecule has 0 fully saturated rings. The Morgan fingerprint density at radius 1 is 0.565 bits per heavy atom. The van der Waals surface area contributed by atoms with E-state index in [2.05, 4.69) is 0 Å². The highest BCUT2D eigenvalue weighted by Crippen LogP contribution is 2.15. The van der Waals surface area contributed by atoms with Crippen molar-refractivity contribution in [1.29, 1.82) is 0 Å². The lowest BCUT2D eigenvalue weighted by atomic mass is 9.88. The second-order valence-corrected chi connectivity index (χ2v) is 5.00. The first-order valence-electron chi connectivity index (χ1n) is 7.57. The van der Waals surface area contributed by atoms with Crippen LogP contribution in [0.5, 0.6) is 11.5 Å². The van der Waals surface area contributed by atoms with E-state index in [1.807, 2.05) is 103 Å². The Morgan fingerprint density at radius 2 is 1.00 bits per heavy atom. The summed E-state index contributed by atoms with van der Waals surface area (Å²) in [6.45, 7) is 0. The molecule has 0 aliphatic rings. The van der Waals surface area contributed by atoms with E-state index in [-0.39, 0.29) is 0 Å². The minimum absolute atomic E-state index is 0.500. The summed E-state index contributed by atoms with van der Waals surface area (Å²) in [6.07, 6.45) is 2.00. The lowest BCUT2D eigenvalue weighted by molar-refractivity contribution is 0.438. The van der Waals surface area contributed by atoms with E-state index in [4.69, 9.17) is 9.31 Å². The average molecular weight is 300 g/mol. The number of para-hydroxylation sites is 2. The van der Waals surface area contributed by atoms with Crippen LogP contribution in [0.4, 0.5) is 0 Å². The van der Waals surface area contributed by atoms with Gasteiger partial charge in [0.1, 0.15) is 11.5 Å². The number of hydrogen-bond acceptors (Lipinski definition) is 2. The Bertz CT molecular complexity index is 686. The highest BCUT2D eigenvalue weighted by atomic mass is 16.6. The summed E-state index contributed by atoms with van der Waals surface area (Å²) in [7, 11) is -0.500. The minimum atomic E-state index is -0.500. The molecule has 3 aromatic rings. The summed E-state index contributed by atoms with van der Waals surface area (Å²) in [6, 6.07) is 29.4. The maximum atomic E-state index is 5.93. The van der Waals surface area contributed by atoms with E-state index in [0.29, 0.717) is 0 Å². The topological polar surface area (TPSA) is 18.5 Å². The molecule has 3 aromatic carbocycles. The molecule has 0 aliphatic carbocycles. The molecule has 0 saturated heterocycles. The molecule has 0 unspecified atom stereocenters. The van der Waals surface area contributed by atoms with Gasteiger partial charge in [0.15, 0.2) is 0 Å². The van der Waals surface area contributed by atoms with Crippen molar-refractivity contribution in [3.8, 4) is 11.5 Å². The van der Waals surface area contributed by atoms with Crippen molar-refractivity contribution in [1.82, 2.24) is 0 Å². The molecule has 2 nitrogen and oxygen atoms in total. The molecule has 0 aliphatic heterocycles. The summed E-state index contributed by atoms with van der Waals surface area (Å²) >= 11 is 0. The van der Waals surface area contributed by atoms with E-state index in [0.717, 1.165) is 17.1 Å². The summed E-state index contributed by atoms with van der Waals surface area (Å²) in [5.41, 5.74) is 1.10.